The molecule has 0 radical (unpaired) electrons. The van der Waals surface area contributed by atoms with Crippen molar-refractivity contribution < 1.29 is 18.0 Å². The minimum atomic E-state index is -4.66. The lowest BCUT2D eigenvalue weighted by molar-refractivity contribution is -0.141. The summed E-state index contributed by atoms with van der Waals surface area (Å²) in [6, 6.07) is 2.71. The molecule has 0 aliphatic rings. The predicted octanol–water partition coefficient (Wildman–Crippen LogP) is 2.82. The number of aldehydes is 1. The number of carbonyl (C=O) groups is 1. The summed E-state index contributed by atoms with van der Waals surface area (Å²) in [5, 5.41) is 0.224. The fourth-order valence-corrected chi connectivity index (χ4v) is 1.52. The monoisotopic (exact) mass is 248 g/mol. The Balaban J connectivity index is 2.82. The number of hydrogen-bond acceptors (Lipinski definition) is 2. The number of pyridine rings is 1. The fraction of sp³-hybridized carbons (Fsp3) is 0.111. The Morgan fingerprint density at radius 2 is 2.06 bits per heavy atom. The predicted molar refractivity (Wildman–Crippen MR) is 50.6 cm³/mol. The Morgan fingerprint density at radius 1 is 1.38 bits per heavy atom. The lowest BCUT2D eigenvalue weighted by Crippen LogP contribution is -2.09. The van der Waals surface area contributed by atoms with Crippen LogP contribution in [0.2, 0.25) is 5.02 Å². The smallest absolute Gasteiger partial charge is 0.296 e. The average molecular weight is 249 g/mol. The highest BCUT2D eigenvalue weighted by molar-refractivity contribution is 6.30. The molecule has 2 aromatic heterocycles. The number of imidazole rings is 1. The third-order valence-electron chi connectivity index (χ3n) is 2.00. The molecule has 0 amide bonds. The highest BCUT2D eigenvalue weighted by Gasteiger charge is 2.37. The number of nitrogens with zero attached hydrogens (tertiary/aromatic N) is 2. The van der Waals surface area contributed by atoms with E-state index in [4.69, 9.17) is 11.6 Å². The van der Waals surface area contributed by atoms with Gasteiger partial charge in [0.25, 0.3) is 0 Å². The standard InChI is InChI=1S/C9H4ClF3N2O/c10-5-1-2-7-14-8(9(11,12)13)6(4-16)15(7)3-5/h1-4H. The molecule has 2 rings (SSSR count). The van der Waals surface area contributed by atoms with Crippen molar-refractivity contribution in [3.05, 3.63) is 34.7 Å². The van der Waals surface area contributed by atoms with Crippen molar-refractivity contribution in [3.8, 4) is 0 Å². The SMILES string of the molecule is O=Cc1c(C(F)(F)F)nc2ccc(Cl)cn12. The van der Waals surface area contributed by atoms with E-state index in [-0.39, 0.29) is 17.0 Å². The van der Waals surface area contributed by atoms with E-state index in [9.17, 15) is 18.0 Å². The molecule has 3 nitrogen and oxygen atoms in total. The third-order valence-corrected chi connectivity index (χ3v) is 2.22. The molecule has 2 aromatic rings. The molecule has 0 unspecified atom stereocenters. The van der Waals surface area contributed by atoms with Crippen LogP contribution in [0, 0.1) is 0 Å². The van der Waals surface area contributed by atoms with Crippen LogP contribution in [0.15, 0.2) is 18.3 Å². The molecular weight excluding hydrogens is 245 g/mol. The van der Waals surface area contributed by atoms with Crippen LogP contribution in [0.1, 0.15) is 16.2 Å². The van der Waals surface area contributed by atoms with Gasteiger partial charge in [-0.1, -0.05) is 11.6 Å². The molecular formula is C9H4ClF3N2O. The molecule has 0 bridgehead atoms. The topological polar surface area (TPSA) is 34.4 Å². The van der Waals surface area contributed by atoms with E-state index >= 15 is 0 Å². The van der Waals surface area contributed by atoms with Crippen molar-refractivity contribution in [2.75, 3.05) is 0 Å². The number of halogens is 4. The molecule has 0 saturated carbocycles. The minimum absolute atomic E-state index is 0.0267. The second-order valence-electron chi connectivity index (χ2n) is 3.04. The maximum Gasteiger partial charge on any atom is 0.435 e. The van der Waals surface area contributed by atoms with Gasteiger partial charge >= 0.3 is 6.18 Å². The van der Waals surface area contributed by atoms with E-state index in [2.05, 4.69) is 4.98 Å². The summed E-state index contributed by atoms with van der Waals surface area (Å²) in [4.78, 5) is 14.0. The van der Waals surface area contributed by atoms with Crippen LogP contribution in [-0.2, 0) is 6.18 Å². The summed E-state index contributed by atoms with van der Waals surface area (Å²) in [6.45, 7) is 0. The summed E-state index contributed by atoms with van der Waals surface area (Å²) >= 11 is 5.63. The molecule has 2 heterocycles. The van der Waals surface area contributed by atoms with E-state index in [1.807, 2.05) is 0 Å². The van der Waals surface area contributed by atoms with Gasteiger partial charge in [0.05, 0.1) is 5.02 Å². The van der Waals surface area contributed by atoms with Crippen LogP contribution >= 0.6 is 11.6 Å². The van der Waals surface area contributed by atoms with Gasteiger partial charge in [-0.3, -0.25) is 9.20 Å². The highest BCUT2D eigenvalue weighted by Crippen LogP contribution is 2.31. The van der Waals surface area contributed by atoms with Crippen LogP contribution < -0.4 is 0 Å². The van der Waals surface area contributed by atoms with Gasteiger partial charge in [0.2, 0.25) is 0 Å². The molecule has 0 fully saturated rings. The van der Waals surface area contributed by atoms with E-state index in [0.29, 0.717) is 0 Å². The molecule has 0 aliphatic carbocycles. The number of fused-ring (bicyclic) bond motifs is 1. The van der Waals surface area contributed by atoms with Gasteiger partial charge in [-0.15, -0.1) is 0 Å². The highest BCUT2D eigenvalue weighted by atomic mass is 35.5. The Labute approximate surface area is 92.5 Å². The van der Waals surface area contributed by atoms with Crippen LogP contribution in [0.4, 0.5) is 13.2 Å². The first-order valence-corrected chi connectivity index (χ1v) is 4.51. The molecule has 16 heavy (non-hydrogen) atoms. The number of aromatic nitrogens is 2. The summed E-state index contributed by atoms with van der Waals surface area (Å²) < 4.78 is 38.5. The van der Waals surface area contributed by atoms with E-state index in [1.54, 1.807) is 0 Å². The van der Waals surface area contributed by atoms with Crippen molar-refractivity contribution in [2.24, 2.45) is 0 Å². The molecule has 84 valence electrons. The first-order valence-electron chi connectivity index (χ1n) is 4.13. The number of alkyl halides is 3. The second kappa shape index (κ2) is 3.48. The van der Waals surface area contributed by atoms with Crippen molar-refractivity contribution in [3.63, 3.8) is 0 Å². The number of hydrogen-bond donors (Lipinski definition) is 0. The van der Waals surface area contributed by atoms with Gasteiger partial charge in [-0.25, -0.2) is 4.98 Å². The van der Waals surface area contributed by atoms with Gasteiger partial charge < -0.3 is 0 Å². The van der Waals surface area contributed by atoms with Gasteiger partial charge in [0.1, 0.15) is 11.3 Å². The first-order chi connectivity index (χ1) is 7.43. The van der Waals surface area contributed by atoms with Crippen LogP contribution in [-0.4, -0.2) is 15.7 Å². The molecule has 7 heteroatoms. The molecule has 0 atom stereocenters. The Morgan fingerprint density at radius 3 is 2.62 bits per heavy atom. The Bertz CT molecular complexity index is 562. The largest absolute Gasteiger partial charge is 0.435 e. The van der Waals surface area contributed by atoms with Gasteiger partial charge in [-0.2, -0.15) is 13.2 Å². The lowest BCUT2D eigenvalue weighted by Gasteiger charge is -2.02. The number of carbonyl (C=O) groups excluding carboxylic acids is 1. The third kappa shape index (κ3) is 1.65. The quantitative estimate of drug-likeness (QED) is 0.728. The lowest BCUT2D eigenvalue weighted by atomic mass is 10.3. The first kappa shape index (κ1) is 10.9. The average Bonchev–Trinajstić information content (AvgIpc) is 2.54. The Hall–Kier alpha value is -1.56. The second-order valence-corrected chi connectivity index (χ2v) is 3.47. The summed E-state index contributed by atoms with van der Waals surface area (Å²) in [7, 11) is 0. The molecule has 0 spiro atoms. The van der Waals surface area contributed by atoms with Gasteiger partial charge in [-0.05, 0) is 12.1 Å². The van der Waals surface area contributed by atoms with Crippen molar-refractivity contribution >= 4 is 23.5 Å². The van der Waals surface area contributed by atoms with Gasteiger partial charge in [0.15, 0.2) is 12.0 Å². The molecule has 0 aliphatic heterocycles. The summed E-state index contributed by atoms with van der Waals surface area (Å²) in [6.07, 6.45) is -3.34. The molecule has 0 saturated heterocycles. The van der Waals surface area contributed by atoms with Crippen LogP contribution in [0.5, 0.6) is 0 Å². The minimum Gasteiger partial charge on any atom is -0.296 e. The zero-order chi connectivity index (χ0) is 11.9. The molecule has 0 aromatic carbocycles. The zero-order valence-electron chi connectivity index (χ0n) is 7.62. The van der Waals surface area contributed by atoms with E-state index in [0.717, 1.165) is 4.40 Å². The number of rotatable bonds is 1. The van der Waals surface area contributed by atoms with Crippen molar-refractivity contribution in [2.45, 2.75) is 6.18 Å². The van der Waals surface area contributed by atoms with E-state index in [1.165, 1.54) is 18.3 Å². The summed E-state index contributed by atoms with van der Waals surface area (Å²) in [5.41, 5.74) is -1.73. The van der Waals surface area contributed by atoms with Crippen molar-refractivity contribution in [1.82, 2.24) is 9.38 Å². The maximum atomic E-state index is 12.5. The van der Waals surface area contributed by atoms with Gasteiger partial charge in [0, 0.05) is 6.20 Å². The zero-order valence-corrected chi connectivity index (χ0v) is 8.38. The Kier molecular flexibility index (Phi) is 2.38. The fourth-order valence-electron chi connectivity index (χ4n) is 1.36. The van der Waals surface area contributed by atoms with Crippen molar-refractivity contribution in [1.29, 1.82) is 0 Å². The van der Waals surface area contributed by atoms with Crippen LogP contribution in [0.25, 0.3) is 5.65 Å². The van der Waals surface area contributed by atoms with Crippen LogP contribution in [0.3, 0.4) is 0 Å². The van der Waals surface area contributed by atoms with E-state index < -0.39 is 17.6 Å². The maximum absolute atomic E-state index is 12.5. The molecule has 0 N–H and O–H groups in total. The normalized spacial score (nSPS) is 12.0. The summed E-state index contributed by atoms with van der Waals surface area (Å²) in [5.74, 6) is 0.